The van der Waals surface area contributed by atoms with Crippen LogP contribution in [0.5, 0.6) is 0 Å². The van der Waals surface area contributed by atoms with Gasteiger partial charge in [0.05, 0.1) is 12.6 Å². The molecule has 7 heteroatoms. The van der Waals surface area contributed by atoms with Crippen molar-refractivity contribution in [2.75, 3.05) is 0 Å². The maximum atomic E-state index is 11.6. The molecule has 0 aliphatic carbocycles. The molecular formula is C18H19N3O3S. The van der Waals surface area contributed by atoms with Gasteiger partial charge in [-0.3, -0.25) is 9.59 Å². The number of hydrogen-bond donors (Lipinski definition) is 2. The van der Waals surface area contributed by atoms with E-state index in [1.807, 2.05) is 24.3 Å². The fraction of sp³-hybridized carbons (Fsp3) is 0.333. The number of amidine groups is 1. The number of nitrogens with one attached hydrogen (secondary N) is 1. The Morgan fingerprint density at radius 3 is 2.84 bits per heavy atom. The van der Waals surface area contributed by atoms with Crippen molar-refractivity contribution in [1.29, 1.82) is 0 Å². The first kappa shape index (κ1) is 18.7. The summed E-state index contributed by atoms with van der Waals surface area (Å²) in [4.78, 5) is 22.2. The molecule has 0 saturated carbocycles. The van der Waals surface area contributed by atoms with Crippen LogP contribution in [0.4, 0.5) is 0 Å². The minimum Gasteiger partial charge on any atom is -0.481 e. The second-order valence-corrected chi connectivity index (χ2v) is 6.56. The highest BCUT2D eigenvalue weighted by molar-refractivity contribution is 8.15. The van der Waals surface area contributed by atoms with Gasteiger partial charge in [0.2, 0.25) is 5.91 Å². The summed E-state index contributed by atoms with van der Waals surface area (Å²) in [5.74, 6) is 4.87. The largest absolute Gasteiger partial charge is 0.481 e. The molecular weight excluding hydrogens is 338 g/mol. The molecule has 2 rings (SSSR count). The number of nitrogens with zero attached hydrogens (tertiary/aromatic N) is 2. The van der Waals surface area contributed by atoms with Gasteiger partial charge in [0.1, 0.15) is 5.25 Å². The number of benzene rings is 1. The van der Waals surface area contributed by atoms with Crippen LogP contribution in [0, 0.1) is 11.8 Å². The van der Waals surface area contributed by atoms with E-state index in [-0.39, 0.29) is 12.3 Å². The third kappa shape index (κ3) is 6.43. The van der Waals surface area contributed by atoms with Crippen molar-refractivity contribution < 1.29 is 14.7 Å². The fourth-order valence-corrected chi connectivity index (χ4v) is 2.89. The number of unbranched alkanes of at least 4 members (excludes halogenated alkanes) is 2. The van der Waals surface area contributed by atoms with E-state index in [9.17, 15) is 9.59 Å². The normalized spacial score (nSPS) is 18.2. The van der Waals surface area contributed by atoms with Crippen molar-refractivity contribution in [2.45, 2.75) is 37.9 Å². The standard InChI is InChI=1S/C18H19N3O3S/c1-2-3-4-5-6-13-7-9-14(10-8-13)12-19-21-18-20-17(24)15(25-18)11-16(22)23/h7-10,12,15H,2-4,11H2,1H3,(H,22,23)(H,20,21,24). The lowest BCUT2D eigenvalue weighted by atomic mass is 10.1. The molecule has 1 aliphatic rings. The van der Waals surface area contributed by atoms with Gasteiger partial charge < -0.3 is 10.4 Å². The fourth-order valence-electron chi connectivity index (χ4n) is 1.98. The lowest BCUT2D eigenvalue weighted by molar-refractivity contribution is -0.138. The third-order valence-electron chi connectivity index (χ3n) is 3.29. The number of thioether (sulfide) groups is 1. The zero-order valence-corrected chi connectivity index (χ0v) is 14.7. The third-order valence-corrected chi connectivity index (χ3v) is 4.36. The van der Waals surface area contributed by atoms with Crippen LogP contribution in [0.1, 0.15) is 43.7 Å². The monoisotopic (exact) mass is 357 g/mol. The Morgan fingerprint density at radius 2 is 2.16 bits per heavy atom. The molecule has 0 aromatic heterocycles. The van der Waals surface area contributed by atoms with Gasteiger partial charge in [-0.25, -0.2) is 0 Å². The Kier molecular flexibility index (Phi) is 7.23. The summed E-state index contributed by atoms with van der Waals surface area (Å²) < 4.78 is 0. The Hall–Kier alpha value is -2.59. The number of rotatable bonds is 6. The molecule has 1 unspecified atom stereocenters. The molecule has 1 saturated heterocycles. The minimum absolute atomic E-state index is 0.236. The van der Waals surface area contributed by atoms with Crippen LogP contribution in [0.15, 0.2) is 34.5 Å². The van der Waals surface area contributed by atoms with Gasteiger partial charge in [-0.1, -0.05) is 49.1 Å². The van der Waals surface area contributed by atoms with E-state index in [0.29, 0.717) is 5.17 Å². The quantitative estimate of drug-likeness (QED) is 0.354. The molecule has 2 N–H and O–H groups in total. The highest BCUT2D eigenvalue weighted by Crippen LogP contribution is 2.22. The van der Waals surface area contributed by atoms with E-state index in [1.165, 1.54) is 0 Å². The molecule has 1 aromatic carbocycles. The van der Waals surface area contributed by atoms with Crippen molar-refractivity contribution in [2.24, 2.45) is 10.2 Å². The van der Waals surface area contributed by atoms with E-state index in [0.717, 1.165) is 42.2 Å². The number of hydrogen-bond acceptors (Lipinski definition) is 5. The molecule has 0 spiro atoms. The summed E-state index contributed by atoms with van der Waals surface area (Å²) in [6.45, 7) is 2.14. The van der Waals surface area contributed by atoms with Crippen molar-refractivity contribution >= 4 is 35.0 Å². The summed E-state index contributed by atoms with van der Waals surface area (Å²) in [7, 11) is 0. The number of carboxylic acids is 1. The average Bonchev–Trinajstić information content (AvgIpc) is 2.92. The van der Waals surface area contributed by atoms with Crippen LogP contribution in [0.3, 0.4) is 0 Å². The van der Waals surface area contributed by atoms with Crippen LogP contribution < -0.4 is 5.32 Å². The topological polar surface area (TPSA) is 91.1 Å². The Morgan fingerprint density at radius 1 is 1.40 bits per heavy atom. The number of carbonyl (C=O) groups is 2. The predicted octanol–water partition coefficient (Wildman–Crippen LogP) is 2.62. The van der Waals surface area contributed by atoms with Crippen LogP contribution in [0.2, 0.25) is 0 Å². The highest BCUT2D eigenvalue weighted by atomic mass is 32.2. The van der Waals surface area contributed by atoms with Gasteiger partial charge in [0, 0.05) is 12.0 Å². The molecule has 1 atom stereocenters. The van der Waals surface area contributed by atoms with Crippen LogP contribution in [-0.4, -0.2) is 33.6 Å². The molecule has 1 heterocycles. The Balaban J connectivity index is 1.90. The molecule has 25 heavy (non-hydrogen) atoms. The van der Waals surface area contributed by atoms with E-state index < -0.39 is 11.2 Å². The number of carboxylic acid groups (broad SMARTS) is 1. The van der Waals surface area contributed by atoms with Crippen molar-refractivity contribution in [3.8, 4) is 11.8 Å². The molecule has 1 aromatic rings. The first-order valence-electron chi connectivity index (χ1n) is 7.97. The van der Waals surface area contributed by atoms with Crippen LogP contribution >= 0.6 is 11.8 Å². The van der Waals surface area contributed by atoms with E-state index in [1.54, 1.807) is 6.21 Å². The van der Waals surface area contributed by atoms with Gasteiger partial charge in [-0.2, -0.15) is 5.10 Å². The predicted molar refractivity (Wildman–Crippen MR) is 99.6 cm³/mol. The summed E-state index contributed by atoms with van der Waals surface area (Å²) in [5.41, 5.74) is 1.81. The van der Waals surface area contributed by atoms with Crippen molar-refractivity contribution in [1.82, 2.24) is 5.32 Å². The SMILES string of the molecule is CCCCC#Cc1ccc(C=NN=C2NC(=O)C(CC(=O)O)S2)cc1. The van der Waals surface area contributed by atoms with Gasteiger partial charge in [-0.05, 0) is 24.1 Å². The Bertz CT molecular complexity index is 745. The van der Waals surface area contributed by atoms with Crippen LogP contribution in [0.25, 0.3) is 0 Å². The minimum atomic E-state index is -1.02. The van der Waals surface area contributed by atoms with Gasteiger partial charge in [-0.15, -0.1) is 5.10 Å². The summed E-state index contributed by atoms with van der Waals surface area (Å²) >= 11 is 1.07. The summed E-state index contributed by atoms with van der Waals surface area (Å²) in [6.07, 6.45) is 4.49. The van der Waals surface area contributed by atoms with Crippen LogP contribution in [-0.2, 0) is 9.59 Å². The molecule has 6 nitrogen and oxygen atoms in total. The lowest BCUT2D eigenvalue weighted by Gasteiger charge is -1.97. The number of carbonyl (C=O) groups excluding carboxylic acids is 1. The van der Waals surface area contributed by atoms with Gasteiger partial charge >= 0.3 is 5.97 Å². The van der Waals surface area contributed by atoms with E-state index >= 15 is 0 Å². The number of aliphatic carboxylic acids is 1. The first-order chi connectivity index (χ1) is 12.1. The zero-order valence-electron chi connectivity index (χ0n) is 13.9. The van der Waals surface area contributed by atoms with E-state index in [4.69, 9.17) is 5.11 Å². The lowest BCUT2D eigenvalue weighted by Crippen LogP contribution is -2.26. The van der Waals surface area contributed by atoms with Gasteiger partial charge in [0.25, 0.3) is 0 Å². The maximum absolute atomic E-state index is 11.6. The smallest absolute Gasteiger partial charge is 0.305 e. The summed E-state index contributed by atoms with van der Waals surface area (Å²) in [5, 5.41) is 18.8. The van der Waals surface area contributed by atoms with Crippen molar-refractivity contribution in [3.05, 3.63) is 35.4 Å². The first-order valence-corrected chi connectivity index (χ1v) is 8.85. The second kappa shape index (κ2) is 9.64. The van der Waals surface area contributed by atoms with E-state index in [2.05, 4.69) is 34.3 Å². The second-order valence-electron chi connectivity index (χ2n) is 5.37. The van der Waals surface area contributed by atoms with Gasteiger partial charge in [0.15, 0.2) is 5.17 Å². The van der Waals surface area contributed by atoms with Crippen molar-refractivity contribution in [3.63, 3.8) is 0 Å². The highest BCUT2D eigenvalue weighted by Gasteiger charge is 2.32. The summed E-state index contributed by atoms with van der Waals surface area (Å²) in [6, 6.07) is 7.62. The molecule has 0 radical (unpaired) electrons. The maximum Gasteiger partial charge on any atom is 0.305 e. The number of amides is 1. The average molecular weight is 357 g/mol. The molecule has 1 fully saturated rings. The molecule has 1 amide bonds. The molecule has 0 bridgehead atoms. The molecule has 130 valence electrons. The zero-order chi connectivity index (χ0) is 18.1. The Labute approximate surface area is 150 Å². The molecule has 1 aliphatic heterocycles.